The van der Waals surface area contributed by atoms with E-state index in [4.69, 9.17) is 14.2 Å². The van der Waals surface area contributed by atoms with Crippen LogP contribution in [-0.4, -0.2) is 38.1 Å². The first-order valence-corrected chi connectivity index (χ1v) is 11.1. The van der Waals surface area contributed by atoms with Crippen LogP contribution in [-0.2, 0) is 15.1 Å². The molecule has 0 saturated carbocycles. The molecule has 2 aliphatic rings. The number of ether oxygens (including phenoxy) is 3. The van der Waals surface area contributed by atoms with Crippen LogP contribution in [0.1, 0.15) is 18.4 Å². The van der Waals surface area contributed by atoms with Crippen LogP contribution in [0.3, 0.4) is 0 Å². The van der Waals surface area contributed by atoms with Crippen molar-refractivity contribution in [3.05, 3.63) is 52.5 Å². The maximum absolute atomic E-state index is 12.8. The van der Waals surface area contributed by atoms with Gasteiger partial charge in [-0.3, -0.25) is 4.79 Å². The molecule has 0 spiro atoms. The fourth-order valence-corrected chi connectivity index (χ4v) is 4.68. The molecular weight excluding hydrogens is 442 g/mol. The van der Waals surface area contributed by atoms with E-state index in [1.54, 1.807) is 0 Å². The molecule has 0 atom stereocenters. The minimum Gasteiger partial charge on any atom is -0.486 e. The van der Waals surface area contributed by atoms with E-state index in [0.717, 1.165) is 39.3 Å². The lowest BCUT2D eigenvalue weighted by molar-refractivity contribution is -0.121. The minimum atomic E-state index is -0.382. The first-order valence-electron chi connectivity index (χ1n) is 9.32. The van der Waals surface area contributed by atoms with Crippen LogP contribution < -0.4 is 14.8 Å². The molecular formula is C21H22BrNO4S. The summed E-state index contributed by atoms with van der Waals surface area (Å²) in [5.41, 5.74) is 0.731. The van der Waals surface area contributed by atoms with Gasteiger partial charge in [-0.15, -0.1) is 11.8 Å². The summed E-state index contributed by atoms with van der Waals surface area (Å²) in [5, 5.41) is 3.29. The molecule has 2 aromatic carbocycles. The Labute approximate surface area is 177 Å². The predicted molar refractivity (Wildman–Crippen MR) is 112 cm³/mol. The van der Waals surface area contributed by atoms with Gasteiger partial charge in [-0.05, 0) is 48.7 Å². The molecule has 1 amide bonds. The van der Waals surface area contributed by atoms with Crippen LogP contribution in [0.5, 0.6) is 11.5 Å². The average molecular weight is 464 g/mol. The van der Waals surface area contributed by atoms with Crippen molar-refractivity contribution >= 4 is 33.6 Å². The summed E-state index contributed by atoms with van der Waals surface area (Å²) in [4.78, 5) is 13.8. The molecule has 0 unspecified atom stereocenters. The number of carbonyl (C=O) groups is 1. The molecule has 1 saturated heterocycles. The van der Waals surface area contributed by atoms with E-state index < -0.39 is 0 Å². The summed E-state index contributed by atoms with van der Waals surface area (Å²) >= 11 is 5.04. The van der Waals surface area contributed by atoms with Gasteiger partial charge in [0.2, 0.25) is 5.91 Å². The van der Waals surface area contributed by atoms with Crippen molar-refractivity contribution < 1.29 is 19.0 Å². The topological polar surface area (TPSA) is 56.8 Å². The molecule has 1 N–H and O–H groups in total. The molecule has 0 radical (unpaired) electrons. The Balaban J connectivity index is 1.43. The second-order valence-electron chi connectivity index (χ2n) is 6.85. The third kappa shape index (κ3) is 4.47. The Kier molecular flexibility index (Phi) is 6.13. The molecule has 2 aromatic rings. The summed E-state index contributed by atoms with van der Waals surface area (Å²) in [7, 11) is 0. The third-order valence-corrected chi connectivity index (χ3v) is 6.47. The summed E-state index contributed by atoms with van der Waals surface area (Å²) in [6.45, 7) is 2.41. The molecule has 5 nitrogen and oxygen atoms in total. The van der Waals surface area contributed by atoms with Gasteiger partial charge in [-0.1, -0.05) is 28.1 Å². The molecule has 0 aliphatic carbocycles. The number of thioether (sulfide) groups is 1. The van der Waals surface area contributed by atoms with Gasteiger partial charge in [0.05, 0.1) is 11.3 Å². The first-order chi connectivity index (χ1) is 13.6. The highest BCUT2D eigenvalue weighted by Gasteiger charge is 2.36. The predicted octanol–water partition coefficient (Wildman–Crippen LogP) is 4.13. The number of carbonyl (C=O) groups excluding carboxylic acids is 1. The quantitative estimate of drug-likeness (QED) is 0.675. The van der Waals surface area contributed by atoms with Gasteiger partial charge in [-0.25, -0.2) is 0 Å². The monoisotopic (exact) mass is 463 g/mol. The standard InChI is InChI=1S/C21H22BrNO4S/c22-16-3-1-2-15(12-16)21(6-8-25-9-7-21)23-20(24)14-28-17-4-5-18-19(13-17)27-11-10-26-18/h1-5,12-13H,6-11,14H2,(H,23,24). The highest BCUT2D eigenvalue weighted by atomic mass is 79.9. The Hall–Kier alpha value is -1.70. The molecule has 0 aromatic heterocycles. The van der Waals surface area contributed by atoms with Gasteiger partial charge in [0.15, 0.2) is 11.5 Å². The lowest BCUT2D eigenvalue weighted by Crippen LogP contribution is -2.50. The number of benzene rings is 2. The van der Waals surface area contributed by atoms with E-state index in [2.05, 4.69) is 33.4 Å². The number of nitrogens with one attached hydrogen (secondary N) is 1. The highest BCUT2D eigenvalue weighted by molar-refractivity contribution is 9.10. The number of hydrogen-bond donors (Lipinski definition) is 1. The fraction of sp³-hybridized carbons (Fsp3) is 0.381. The van der Waals surface area contributed by atoms with Gasteiger partial charge in [-0.2, -0.15) is 0 Å². The number of fused-ring (bicyclic) bond motifs is 1. The minimum absolute atomic E-state index is 0.0155. The van der Waals surface area contributed by atoms with E-state index in [9.17, 15) is 4.79 Å². The summed E-state index contributed by atoms with van der Waals surface area (Å²) < 4.78 is 17.7. The Bertz CT molecular complexity index is 854. The average Bonchev–Trinajstić information content (AvgIpc) is 2.73. The Morgan fingerprint density at radius 2 is 1.82 bits per heavy atom. The van der Waals surface area contributed by atoms with Crippen LogP contribution in [0.25, 0.3) is 0 Å². The second kappa shape index (κ2) is 8.76. The van der Waals surface area contributed by atoms with Gasteiger partial charge in [0.25, 0.3) is 0 Å². The van der Waals surface area contributed by atoms with Gasteiger partial charge in [0.1, 0.15) is 13.2 Å². The number of amides is 1. The molecule has 28 heavy (non-hydrogen) atoms. The Morgan fingerprint density at radius 1 is 1.04 bits per heavy atom. The van der Waals surface area contributed by atoms with Crippen LogP contribution in [0.2, 0.25) is 0 Å². The number of halogens is 1. The summed E-state index contributed by atoms with van der Waals surface area (Å²) in [6, 6.07) is 14.0. The maximum atomic E-state index is 12.8. The van der Waals surface area contributed by atoms with Crippen LogP contribution in [0.15, 0.2) is 51.8 Å². The van der Waals surface area contributed by atoms with Gasteiger partial charge in [0, 0.05) is 22.6 Å². The van der Waals surface area contributed by atoms with Crippen LogP contribution in [0.4, 0.5) is 0 Å². The molecule has 1 fully saturated rings. The zero-order valence-corrected chi connectivity index (χ0v) is 17.8. The lowest BCUT2D eigenvalue weighted by atomic mass is 9.82. The van der Waals surface area contributed by atoms with Crippen molar-refractivity contribution in [1.82, 2.24) is 5.32 Å². The first kappa shape index (κ1) is 19.6. The van der Waals surface area contributed by atoms with Crippen molar-refractivity contribution in [3.63, 3.8) is 0 Å². The van der Waals surface area contributed by atoms with E-state index in [1.165, 1.54) is 11.8 Å². The largest absolute Gasteiger partial charge is 0.486 e. The molecule has 0 bridgehead atoms. The second-order valence-corrected chi connectivity index (χ2v) is 8.81. The molecule has 2 heterocycles. The smallest absolute Gasteiger partial charge is 0.231 e. The lowest BCUT2D eigenvalue weighted by Gasteiger charge is -2.38. The Morgan fingerprint density at radius 3 is 2.61 bits per heavy atom. The van der Waals surface area contributed by atoms with Crippen LogP contribution in [0, 0.1) is 0 Å². The number of rotatable bonds is 5. The van der Waals surface area contributed by atoms with Crippen LogP contribution >= 0.6 is 27.7 Å². The van der Waals surface area contributed by atoms with Crippen molar-refractivity contribution in [3.8, 4) is 11.5 Å². The molecule has 4 rings (SSSR count). The fourth-order valence-electron chi connectivity index (χ4n) is 3.56. The van der Waals surface area contributed by atoms with E-state index in [1.807, 2.05) is 30.3 Å². The third-order valence-electron chi connectivity index (χ3n) is 4.99. The van der Waals surface area contributed by atoms with Crippen molar-refractivity contribution in [2.24, 2.45) is 0 Å². The highest BCUT2D eigenvalue weighted by Crippen LogP contribution is 2.35. The van der Waals surface area contributed by atoms with Crippen molar-refractivity contribution in [2.75, 3.05) is 32.2 Å². The van der Waals surface area contributed by atoms with Gasteiger partial charge < -0.3 is 19.5 Å². The van der Waals surface area contributed by atoms with E-state index in [-0.39, 0.29) is 11.4 Å². The number of hydrogen-bond acceptors (Lipinski definition) is 5. The maximum Gasteiger partial charge on any atom is 0.231 e. The molecule has 7 heteroatoms. The summed E-state index contributed by atoms with van der Waals surface area (Å²) in [6.07, 6.45) is 1.54. The van der Waals surface area contributed by atoms with E-state index in [0.29, 0.717) is 32.2 Å². The summed E-state index contributed by atoms with van der Waals surface area (Å²) in [5.74, 6) is 1.86. The normalized spacial score (nSPS) is 17.8. The van der Waals surface area contributed by atoms with Gasteiger partial charge >= 0.3 is 0 Å². The molecule has 2 aliphatic heterocycles. The molecule has 148 valence electrons. The van der Waals surface area contributed by atoms with E-state index >= 15 is 0 Å². The zero-order valence-electron chi connectivity index (χ0n) is 15.4. The van der Waals surface area contributed by atoms with Crippen molar-refractivity contribution in [2.45, 2.75) is 23.3 Å². The van der Waals surface area contributed by atoms with Crippen molar-refractivity contribution in [1.29, 1.82) is 0 Å². The zero-order chi connectivity index (χ0) is 19.4. The SMILES string of the molecule is O=C(CSc1ccc2c(c1)OCCO2)NC1(c2cccc(Br)c2)CCOCC1.